The molecule has 5 nitrogen and oxygen atoms in total. The van der Waals surface area contributed by atoms with Crippen LogP contribution in [-0.4, -0.2) is 30.9 Å². The van der Waals surface area contributed by atoms with Crippen LogP contribution in [0.25, 0.3) is 0 Å². The molecule has 0 aromatic rings. The van der Waals surface area contributed by atoms with E-state index in [2.05, 4.69) is 40.9 Å². The minimum atomic E-state index is -1.47. The van der Waals surface area contributed by atoms with Crippen LogP contribution in [0.1, 0.15) is 59.8 Å². The standard InChI is InChI=1S/C22H31BrO5/c1-7-14-21(5,6)18(24)13-11-10-12-15-22(16-17(4)23,19(25)27-8-2)20(26)28-9-3/h7H,1,4,8-10,12,14-16H2,2-3,5-6H3. The van der Waals surface area contributed by atoms with Crippen molar-refractivity contribution in [3.8, 4) is 11.8 Å². The molecule has 0 bridgehead atoms. The number of unbranched alkanes of at least 4 members (excludes halogenated alkanes) is 1. The van der Waals surface area contributed by atoms with E-state index in [9.17, 15) is 14.4 Å². The van der Waals surface area contributed by atoms with E-state index in [0.717, 1.165) is 0 Å². The van der Waals surface area contributed by atoms with Crippen LogP contribution in [0.2, 0.25) is 0 Å². The first kappa shape index (κ1) is 26.1. The van der Waals surface area contributed by atoms with Gasteiger partial charge in [-0.05, 0) is 43.5 Å². The van der Waals surface area contributed by atoms with Gasteiger partial charge in [-0.2, -0.15) is 0 Å². The minimum Gasteiger partial charge on any atom is -0.465 e. The van der Waals surface area contributed by atoms with Gasteiger partial charge in [0, 0.05) is 18.3 Å². The lowest BCUT2D eigenvalue weighted by atomic mass is 9.79. The summed E-state index contributed by atoms with van der Waals surface area (Å²) >= 11 is 3.24. The van der Waals surface area contributed by atoms with Gasteiger partial charge in [-0.25, -0.2) is 0 Å². The predicted octanol–water partition coefficient (Wildman–Crippen LogP) is 4.74. The van der Waals surface area contributed by atoms with Crippen molar-refractivity contribution in [2.75, 3.05) is 13.2 Å². The molecule has 0 aliphatic heterocycles. The number of ketones is 1. The first-order valence-corrected chi connectivity index (χ1v) is 10.2. The second-order valence-corrected chi connectivity index (χ2v) is 8.20. The Morgan fingerprint density at radius 2 is 1.64 bits per heavy atom. The number of hydrogen-bond acceptors (Lipinski definition) is 5. The van der Waals surface area contributed by atoms with Crippen LogP contribution in [0.5, 0.6) is 0 Å². The molecule has 0 aromatic heterocycles. The molecule has 0 radical (unpaired) electrons. The van der Waals surface area contributed by atoms with E-state index in [1.807, 2.05) is 13.8 Å². The van der Waals surface area contributed by atoms with Gasteiger partial charge in [-0.3, -0.25) is 14.4 Å². The summed E-state index contributed by atoms with van der Waals surface area (Å²) < 4.78 is 10.8. The van der Waals surface area contributed by atoms with Crippen LogP contribution >= 0.6 is 15.9 Å². The fraction of sp³-hybridized carbons (Fsp3) is 0.591. The van der Waals surface area contributed by atoms with E-state index < -0.39 is 22.8 Å². The Labute approximate surface area is 177 Å². The third-order valence-corrected chi connectivity index (χ3v) is 4.48. The zero-order valence-corrected chi connectivity index (χ0v) is 18.9. The van der Waals surface area contributed by atoms with Gasteiger partial charge in [0.1, 0.15) is 0 Å². The number of hydrogen-bond donors (Lipinski definition) is 0. The van der Waals surface area contributed by atoms with E-state index in [4.69, 9.17) is 9.47 Å². The highest BCUT2D eigenvalue weighted by atomic mass is 79.9. The Kier molecular flexibility index (Phi) is 11.7. The SMILES string of the molecule is C=CCC(C)(C)C(=O)C#CCCCC(CC(=C)Br)(C(=O)OCC)C(=O)OCC. The molecular formula is C22H31BrO5. The minimum absolute atomic E-state index is 0.0728. The van der Waals surface area contributed by atoms with Gasteiger partial charge in [-0.15, -0.1) is 6.58 Å². The molecule has 0 rings (SSSR count). The molecule has 0 heterocycles. The lowest BCUT2D eigenvalue weighted by molar-refractivity contribution is -0.172. The highest BCUT2D eigenvalue weighted by Crippen LogP contribution is 2.37. The summed E-state index contributed by atoms with van der Waals surface area (Å²) in [5.74, 6) is 4.06. The number of carbonyl (C=O) groups excluding carboxylic acids is 3. The van der Waals surface area contributed by atoms with Crippen molar-refractivity contribution >= 4 is 33.7 Å². The summed E-state index contributed by atoms with van der Waals surface area (Å²) in [6.45, 7) is 14.7. The van der Waals surface area contributed by atoms with Gasteiger partial charge in [0.2, 0.25) is 5.78 Å². The number of Topliss-reactive ketones (excluding diaryl/α,β-unsaturated/α-hetero) is 1. The van der Waals surface area contributed by atoms with Gasteiger partial charge in [0.15, 0.2) is 5.41 Å². The highest BCUT2D eigenvalue weighted by Gasteiger charge is 2.48. The van der Waals surface area contributed by atoms with Crippen LogP contribution in [0, 0.1) is 22.7 Å². The molecule has 0 N–H and O–H groups in total. The molecular weight excluding hydrogens is 424 g/mol. The van der Waals surface area contributed by atoms with Gasteiger partial charge in [-0.1, -0.05) is 48.4 Å². The maximum atomic E-state index is 12.6. The van der Waals surface area contributed by atoms with Crippen LogP contribution in [0.15, 0.2) is 23.7 Å². The van der Waals surface area contributed by atoms with Gasteiger partial charge < -0.3 is 9.47 Å². The molecule has 0 fully saturated rings. The van der Waals surface area contributed by atoms with Crippen LogP contribution in [0.4, 0.5) is 0 Å². The van der Waals surface area contributed by atoms with Crippen molar-refractivity contribution in [1.29, 1.82) is 0 Å². The van der Waals surface area contributed by atoms with E-state index in [-0.39, 0.29) is 31.8 Å². The molecule has 0 unspecified atom stereocenters. The zero-order chi connectivity index (χ0) is 21.8. The Hall–Kier alpha value is -1.87. The maximum absolute atomic E-state index is 12.6. The Morgan fingerprint density at radius 3 is 2.07 bits per heavy atom. The van der Waals surface area contributed by atoms with Crippen molar-refractivity contribution in [1.82, 2.24) is 0 Å². The molecule has 0 atom stereocenters. The summed E-state index contributed by atoms with van der Waals surface area (Å²) in [6, 6.07) is 0. The van der Waals surface area contributed by atoms with Crippen LogP contribution < -0.4 is 0 Å². The summed E-state index contributed by atoms with van der Waals surface area (Å²) in [6.07, 6.45) is 3.30. The van der Waals surface area contributed by atoms with Crippen molar-refractivity contribution in [3.05, 3.63) is 23.7 Å². The average Bonchev–Trinajstić information content (AvgIpc) is 2.60. The smallest absolute Gasteiger partial charge is 0.323 e. The first-order chi connectivity index (χ1) is 13.1. The van der Waals surface area contributed by atoms with E-state index in [1.54, 1.807) is 19.9 Å². The molecule has 156 valence electrons. The summed E-state index contributed by atoms with van der Waals surface area (Å²) in [7, 11) is 0. The Morgan fingerprint density at radius 1 is 1.11 bits per heavy atom. The molecule has 0 aliphatic rings. The summed E-state index contributed by atoms with van der Waals surface area (Å²) in [5, 5.41) is 0. The highest BCUT2D eigenvalue weighted by molar-refractivity contribution is 9.11. The van der Waals surface area contributed by atoms with E-state index in [0.29, 0.717) is 23.7 Å². The number of rotatable bonds is 12. The van der Waals surface area contributed by atoms with Crippen molar-refractivity contribution in [2.24, 2.45) is 10.8 Å². The first-order valence-electron chi connectivity index (χ1n) is 9.39. The largest absolute Gasteiger partial charge is 0.465 e. The second-order valence-electron chi connectivity index (χ2n) is 7.08. The van der Waals surface area contributed by atoms with Crippen molar-refractivity contribution in [2.45, 2.75) is 59.8 Å². The van der Waals surface area contributed by atoms with Crippen molar-refractivity contribution in [3.63, 3.8) is 0 Å². The zero-order valence-electron chi connectivity index (χ0n) is 17.4. The van der Waals surface area contributed by atoms with Crippen LogP contribution in [0.3, 0.4) is 0 Å². The van der Waals surface area contributed by atoms with Gasteiger partial charge >= 0.3 is 11.9 Å². The molecule has 6 heteroatoms. The lowest BCUT2D eigenvalue weighted by Gasteiger charge is -2.28. The molecule has 0 aromatic carbocycles. The molecule has 0 aliphatic carbocycles. The van der Waals surface area contributed by atoms with E-state index >= 15 is 0 Å². The third-order valence-electron chi connectivity index (χ3n) is 4.20. The maximum Gasteiger partial charge on any atom is 0.323 e. The number of halogens is 1. The second kappa shape index (κ2) is 12.6. The fourth-order valence-electron chi connectivity index (χ4n) is 2.63. The van der Waals surface area contributed by atoms with Gasteiger partial charge in [0.25, 0.3) is 0 Å². The molecule has 0 saturated carbocycles. The fourth-order valence-corrected chi connectivity index (χ4v) is 3.11. The van der Waals surface area contributed by atoms with E-state index in [1.165, 1.54) is 0 Å². The quantitative estimate of drug-likeness (QED) is 0.106. The molecule has 28 heavy (non-hydrogen) atoms. The molecule has 0 spiro atoms. The summed E-state index contributed by atoms with van der Waals surface area (Å²) in [5.41, 5.74) is -2.05. The van der Waals surface area contributed by atoms with Crippen LogP contribution in [-0.2, 0) is 23.9 Å². The van der Waals surface area contributed by atoms with Crippen molar-refractivity contribution < 1.29 is 23.9 Å². The average molecular weight is 455 g/mol. The van der Waals surface area contributed by atoms with Gasteiger partial charge in [0.05, 0.1) is 13.2 Å². The topological polar surface area (TPSA) is 69.7 Å². The molecule has 0 amide bonds. The summed E-state index contributed by atoms with van der Waals surface area (Å²) in [4.78, 5) is 37.4. The number of carbonyl (C=O) groups is 3. The third kappa shape index (κ3) is 8.02. The monoisotopic (exact) mass is 454 g/mol. The number of allylic oxidation sites excluding steroid dienone is 2. The lowest BCUT2D eigenvalue weighted by Crippen LogP contribution is -2.42. The number of esters is 2. The Balaban J connectivity index is 5.31. The normalized spacial score (nSPS) is 11.0. The number of ether oxygens (including phenoxy) is 2. The predicted molar refractivity (Wildman–Crippen MR) is 114 cm³/mol. The Bertz CT molecular complexity index is 634. The molecule has 0 saturated heterocycles.